The normalized spacial score (nSPS) is 20.4. The van der Waals surface area contributed by atoms with Crippen molar-refractivity contribution in [3.8, 4) is 0 Å². The molecule has 0 unspecified atom stereocenters. The molecule has 3 nitrogen and oxygen atoms in total. The van der Waals surface area contributed by atoms with Crippen molar-refractivity contribution < 1.29 is 4.79 Å². The zero-order valence-electron chi connectivity index (χ0n) is 11.1. The second-order valence-electron chi connectivity index (χ2n) is 5.37. The highest BCUT2D eigenvalue weighted by Crippen LogP contribution is 2.34. The van der Waals surface area contributed by atoms with E-state index in [-0.39, 0.29) is 12.5 Å². The van der Waals surface area contributed by atoms with Crippen molar-refractivity contribution in [2.24, 2.45) is 10.9 Å². The Hall–Kier alpha value is -1.06. The van der Waals surface area contributed by atoms with Gasteiger partial charge >= 0.3 is 0 Å². The van der Waals surface area contributed by atoms with Gasteiger partial charge in [0.1, 0.15) is 6.54 Å². The Labute approximate surface area is 128 Å². The highest BCUT2D eigenvalue weighted by Gasteiger charge is 2.28. The molecule has 2 aliphatic rings. The standard InChI is InChI=1S/C15H16Cl2N2O/c16-11-6-7-13-12(8-11)15(10-4-2-1-3-5-10)18-9-14(20)19(13)17/h6-8,10H,1-5,9H2. The fourth-order valence-corrected chi connectivity index (χ4v) is 3.42. The van der Waals surface area contributed by atoms with Gasteiger partial charge in [-0.25, -0.2) is 4.42 Å². The third-order valence-electron chi connectivity index (χ3n) is 4.04. The number of benzodiazepines with no additional fused rings is 1. The number of carbonyl (C=O) groups is 1. The number of anilines is 1. The maximum atomic E-state index is 11.9. The van der Waals surface area contributed by atoms with Crippen LogP contribution in [0.15, 0.2) is 23.2 Å². The van der Waals surface area contributed by atoms with Gasteiger partial charge in [-0.15, -0.1) is 0 Å². The molecule has 0 atom stereocenters. The minimum Gasteiger partial charge on any atom is -0.279 e. The van der Waals surface area contributed by atoms with E-state index in [4.69, 9.17) is 23.4 Å². The molecule has 3 rings (SSSR count). The van der Waals surface area contributed by atoms with E-state index in [1.54, 1.807) is 12.1 Å². The zero-order valence-corrected chi connectivity index (χ0v) is 12.6. The lowest BCUT2D eigenvalue weighted by Gasteiger charge is -2.24. The lowest BCUT2D eigenvalue weighted by Crippen LogP contribution is -2.22. The lowest BCUT2D eigenvalue weighted by atomic mass is 9.83. The van der Waals surface area contributed by atoms with Gasteiger partial charge in [0.05, 0.1) is 5.69 Å². The second-order valence-corrected chi connectivity index (χ2v) is 6.15. The molecule has 1 aromatic carbocycles. The van der Waals surface area contributed by atoms with Crippen LogP contribution < -0.4 is 4.42 Å². The maximum Gasteiger partial charge on any atom is 0.263 e. The SMILES string of the molecule is O=C1CN=C(C2CCCCC2)c2cc(Cl)ccc2N1Cl. The minimum atomic E-state index is -0.193. The fraction of sp³-hybridized carbons (Fsp3) is 0.467. The quantitative estimate of drug-likeness (QED) is 0.715. The van der Waals surface area contributed by atoms with E-state index in [1.807, 2.05) is 6.07 Å². The number of benzene rings is 1. The molecule has 1 heterocycles. The smallest absolute Gasteiger partial charge is 0.263 e. The predicted octanol–water partition coefficient (Wildman–Crippen LogP) is 4.21. The van der Waals surface area contributed by atoms with E-state index in [0.29, 0.717) is 16.6 Å². The molecule has 0 bridgehead atoms. The summed E-state index contributed by atoms with van der Waals surface area (Å²) < 4.78 is 1.17. The molecule has 1 aliphatic heterocycles. The van der Waals surface area contributed by atoms with Crippen LogP contribution in [0, 0.1) is 5.92 Å². The Morgan fingerprint density at radius 3 is 2.70 bits per heavy atom. The van der Waals surface area contributed by atoms with Crippen molar-refractivity contribution in [3.63, 3.8) is 0 Å². The minimum absolute atomic E-state index is 0.113. The topological polar surface area (TPSA) is 32.7 Å². The van der Waals surface area contributed by atoms with Gasteiger partial charge in [-0.2, -0.15) is 0 Å². The number of hydrogen-bond acceptors (Lipinski definition) is 2. The summed E-state index contributed by atoms with van der Waals surface area (Å²) in [5.41, 5.74) is 2.60. The predicted molar refractivity (Wildman–Crippen MR) is 82.8 cm³/mol. The van der Waals surface area contributed by atoms with Crippen molar-refractivity contribution in [1.82, 2.24) is 0 Å². The molecule has 0 saturated heterocycles. The molecule has 1 fully saturated rings. The van der Waals surface area contributed by atoms with E-state index in [9.17, 15) is 4.79 Å². The third-order valence-corrected chi connectivity index (χ3v) is 4.65. The van der Waals surface area contributed by atoms with Gasteiger partial charge in [-0.3, -0.25) is 9.79 Å². The molecule has 1 aromatic rings. The van der Waals surface area contributed by atoms with Crippen LogP contribution in [-0.2, 0) is 4.79 Å². The van der Waals surface area contributed by atoms with E-state index in [2.05, 4.69) is 4.99 Å². The maximum absolute atomic E-state index is 11.9. The van der Waals surface area contributed by atoms with Crippen molar-refractivity contribution in [1.29, 1.82) is 0 Å². The number of hydrogen-bond donors (Lipinski definition) is 0. The number of nitrogens with zero attached hydrogens (tertiary/aromatic N) is 2. The van der Waals surface area contributed by atoms with Crippen molar-refractivity contribution in [2.45, 2.75) is 32.1 Å². The molecule has 5 heteroatoms. The summed E-state index contributed by atoms with van der Waals surface area (Å²) in [4.78, 5) is 16.5. The van der Waals surface area contributed by atoms with Gasteiger partial charge in [-0.05, 0) is 31.0 Å². The number of carbonyl (C=O) groups excluding carboxylic acids is 1. The second kappa shape index (κ2) is 5.74. The summed E-state index contributed by atoms with van der Waals surface area (Å²) in [6.45, 7) is 0.113. The van der Waals surface area contributed by atoms with Crippen LogP contribution >= 0.6 is 23.4 Å². The average Bonchev–Trinajstić information content (AvgIpc) is 2.58. The van der Waals surface area contributed by atoms with Gasteiger partial charge in [0, 0.05) is 34.0 Å². The first kappa shape index (κ1) is 13.9. The molecular weight excluding hydrogens is 295 g/mol. The molecular formula is C15H16Cl2N2O. The van der Waals surface area contributed by atoms with Crippen LogP contribution in [0.25, 0.3) is 0 Å². The Bertz CT molecular complexity index is 565. The zero-order chi connectivity index (χ0) is 14.1. The summed E-state index contributed by atoms with van der Waals surface area (Å²) in [7, 11) is 0. The van der Waals surface area contributed by atoms with Gasteiger partial charge < -0.3 is 0 Å². The average molecular weight is 311 g/mol. The Morgan fingerprint density at radius 1 is 1.20 bits per heavy atom. The first-order valence-corrected chi connectivity index (χ1v) is 7.71. The number of rotatable bonds is 1. The monoisotopic (exact) mass is 310 g/mol. The van der Waals surface area contributed by atoms with Gasteiger partial charge in [-0.1, -0.05) is 30.9 Å². The first-order valence-electron chi connectivity index (χ1n) is 7.00. The molecule has 0 aromatic heterocycles. The first-order chi connectivity index (χ1) is 9.66. The number of amides is 1. The van der Waals surface area contributed by atoms with Crippen LogP contribution in [0.1, 0.15) is 37.7 Å². The highest BCUT2D eigenvalue weighted by atomic mass is 35.5. The van der Waals surface area contributed by atoms with E-state index < -0.39 is 0 Å². The molecule has 1 amide bonds. The van der Waals surface area contributed by atoms with Crippen LogP contribution in [0.2, 0.25) is 5.02 Å². The van der Waals surface area contributed by atoms with Gasteiger partial charge in [0.2, 0.25) is 0 Å². The molecule has 0 N–H and O–H groups in total. The van der Waals surface area contributed by atoms with Crippen molar-refractivity contribution in [2.75, 3.05) is 11.0 Å². The third kappa shape index (κ3) is 2.57. The Morgan fingerprint density at radius 2 is 1.95 bits per heavy atom. The molecule has 0 radical (unpaired) electrons. The summed E-state index contributed by atoms with van der Waals surface area (Å²) in [6.07, 6.45) is 5.98. The summed E-state index contributed by atoms with van der Waals surface area (Å²) in [6, 6.07) is 5.43. The summed E-state index contributed by atoms with van der Waals surface area (Å²) in [5.74, 6) is 0.220. The van der Waals surface area contributed by atoms with Crippen LogP contribution in [0.4, 0.5) is 5.69 Å². The van der Waals surface area contributed by atoms with Crippen LogP contribution in [0.5, 0.6) is 0 Å². The van der Waals surface area contributed by atoms with Crippen molar-refractivity contribution >= 4 is 40.7 Å². The van der Waals surface area contributed by atoms with Crippen molar-refractivity contribution in [3.05, 3.63) is 28.8 Å². The largest absolute Gasteiger partial charge is 0.279 e. The number of aliphatic imine (C=N–C) groups is 1. The molecule has 1 saturated carbocycles. The molecule has 1 aliphatic carbocycles. The molecule has 106 valence electrons. The Kier molecular flexibility index (Phi) is 3.99. The molecule has 20 heavy (non-hydrogen) atoms. The number of halogens is 2. The van der Waals surface area contributed by atoms with Gasteiger partial charge in [0.15, 0.2) is 0 Å². The summed E-state index contributed by atoms with van der Waals surface area (Å²) >= 11 is 12.2. The van der Waals surface area contributed by atoms with Gasteiger partial charge in [0.25, 0.3) is 5.91 Å². The van der Waals surface area contributed by atoms with Crippen LogP contribution in [-0.4, -0.2) is 18.2 Å². The highest BCUT2D eigenvalue weighted by molar-refractivity contribution is 6.39. The van der Waals surface area contributed by atoms with Crippen LogP contribution in [0.3, 0.4) is 0 Å². The molecule has 0 spiro atoms. The number of fused-ring (bicyclic) bond motifs is 1. The summed E-state index contributed by atoms with van der Waals surface area (Å²) in [5, 5.41) is 0.645. The fourth-order valence-electron chi connectivity index (χ4n) is 3.04. The van der Waals surface area contributed by atoms with E-state index in [0.717, 1.165) is 24.1 Å². The Balaban J connectivity index is 2.07. The van der Waals surface area contributed by atoms with E-state index in [1.165, 1.54) is 23.7 Å². The van der Waals surface area contributed by atoms with E-state index >= 15 is 0 Å². The lowest BCUT2D eigenvalue weighted by molar-refractivity contribution is -0.116.